The minimum absolute atomic E-state index is 0.0661. The number of carbonyl (C=O) groups excluding carboxylic acids is 2. The zero-order valence-electron chi connectivity index (χ0n) is 15.1. The maximum absolute atomic E-state index is 12.2. The van der Waals surface area contributed by atoms with Crippen LogP contribution in [0.5, 0.6) is 11.5 Å². The minimum atomic E-state index is -0.776. The van der Waals surface area contributed by atoms with Crippen LogP contribution in [-0.2, 0) is 16.0 Å². The van der Waals surface area contributed by atoms with E-state index in [4.69, 9.17) is 16.3 Å². The first-order chi connectivity index (χ1) is 12.4. The summed E-state index contributed by atoms with van der Waals surface area (Å²) in [4.78, 5) is 24.2. The number of carbonyl (C=O) groups is 2. The normalized spacial score (nSPS) is 17.8. The Morgan fingerprint density at radius 1 is 1.04 bits per heavy atom. The minimum Gasteiger partial charge on any atom is -0.507 e. The second-order valence-corrected chi connectivity index (χ2v) is 6.19. The fourth-order valence-electron chi connectivity index (χ4n) is 2.25. The van der Waals surface area contributed by atoms with Crippen molar-refractivity contribution >= 4 is 23.4 Å². The highest BCUT2D eigenvalue weighted by Crippen LogP contribution is 2.37. The van der Waals surface area contributed by atoms with Crippen molar-refractivity contribution in [3.05, 3.63) is 46.5 Å². The molecule has 26 heavy (non-hydrogen) atoms. The number of fused-ring (bicyclic) bond motifs is 1. The summed E-state index contributed by atoms with van der Waals surface area (Å²) in [5, 5.41) is 19.5. The van der Waals surface area contributed by atoms with E-state index in [2.05, 4.69) is 13.8 Å². The van der Waals surface area contributed by atoms with Gasteiger partial charge in [0.15, 0.2) is 5.78 Å². The lowest BCUT2D eigenvalue weighted by Crippen LogP contribution is -2.12. The highest BCUT2D eigenvalue weighted by atomic mass is 35.5. The maximum atomic E-state index is 12.2. The van der Waals surface area contributed by atoms with Gasteiger partial charge in [-0.15, -0.1) is 0 Å². The molecular formula is C20H25ClO5. The highest BCUT2D eigenvalue weighted by molar-refractivity contribution is 6.33. The molecule has 0 amide bonds. The first kappa shape index (κ1) is 21.8. The summed E-state index contributed by atoms with van der Waals surface area (Å²) in [7, 11) is 0. The molecule has 0 aromatic heterocycles. The van der Waals surface area contributed by atoms with Gasteiger partial charge in [0, 0.05) is 18.1 Å². The van der Waals surface area contributed by atoms with Gasteiger partial charge in [-0.05, 0) is 25.3 Å². The van der Waals surface area contributed by atoms with Crippen LogP contribution in [-0.4, -0.2) is 28.6 Å². The maximum Gasteiger partial charge on any atom is 0.342 e. The van der Waals surface area contributed by atoms with Gasteiger partial charge in [-0.25, -0.2) is 4.79 Å². The van der Waals surface area contributed by atoms with Crippen molar-refractivity contribution in [1.29, 1.82) is 0 Å². The number of allylic oxidation sites excluding steroid dienone is 3. The molecule has 0 unspecified atom stereocenters. The van der Waals surface area contributed by atoms with Crippen molar-refractivity contribution in [2.45, 2.75) is 46.0 Å². The summed E-state index contributed by atoms with van der Waals surface area (Å²) >= 11 is 6.01. The Bertz CT molecular complexity index is 692. The number of halogens is 1. The number of cyclic esters (lactones) is 1. The standard InChI is InChI=1S/C17H17ClO5.C3H8/c18-16-12-9-11(19)7-5-3-1-2-4-6-8-23-17(22)15(12)13(20)10-14(16)21;1-3-2/h2,4-5,7,10,20-21H,1,3,6,8-9H2;3H2,1-2H3/b4-2+,7-5+;. The Kier molecular flexibility index (Phi) is 9.52. The van der Waals surface area contributed by atoms with Crippen molar-refractivity contribution in [1.82, 2.24) is 0 Å². The Morgan fingerprint density at radius 2 is 1.65 bits per heavy atom. The number of hydrogen-bond acceptors (Lipinski definition) is 5. The van der Waals surface area contributed by atoms with Crippen molar-refractivity contribution in [3.63, 3.8) is 0 Å². The molecule has 1 heterocycles. The molecule has 1 aromatic rings. The lowest BCUT2D eigenvalue weighted by atomic mass is 10.00. The molecule has 6 heteroatoms. The number of aromatic hydroxyl groups is 2. The van der Waals surface area contributed by atoms with Gasteiger partial charge in [-0.1, -0.05) is 50.1 Å². The number of ketones is 1. The molecule has 0 fully saturated rings. The van der Waals surface area contributed by atoms with Gasteiger partial charge in [0.2, 0.25) is 0 Å². The molecule has 0 saturated carbocycles. The van der Waals surface area contributed by atoms with E-state index >= 15 is 0 Å². The van der Waals surface area contributed by atoms with Crippen LogP contribution >= 0.6 is 11.6 Å². The van der Waals surface area contributed by atoms with E-state index in [0.29, 0.717) is 12.8 Å². The third-order valence-electron chi connectivity index (χ3n) is 3.36. The second kappa shape index (κ2) is 11.4. The molecular weight excluding hydrogens is 356 g/mol. The summed E-state index contributed by atoms with van der Waals surface area (Å²) in [6.45, 7) is 4.40. The van der Waals surface area contributed by atoms with Gasteiger partial charge in [0.05, 0.1) is 11.6 Å². The number of rotatable bonds is 0. The van der Waals surface area contributed by atoms with E-state index in [1.165, 1.54) is 12.5 Å². The van der Waals surface area contributed by atoms with Crippen LogP contribution in [0.1, 0.15) is 55.5 Å². The molecule has 0 radical (unpaired) electrons. The van der Waals surface area contributed by atoms with E-state index < -0.39 is 17.5 Å². The van der Waals surface area contributed by atoms with Crippen molar-refractivity contribution in [2.24, 2.45) is 0 Å². The lowest BCUT2D eigenvalue weighted by Gasteiger charge is -2.13. The van der Waals surface area contributed by atoms with Crippen LogP contribution in [0.15, 0.2) is 30.4 Å². The summed E-state index contributed by atoms with van der Waals surface area (Å²) in [6.07, 6.45) is 10.1. The molecule has 1 aromatic carbocycles. The zero-order chi connectivity index (χ0) is 19.5. The summed E-state index contributed by atoms with van der Waals surface area (Å²) in [6, 6.07) is 0.964. The Hall–Kier alpha value is -2.27. The SMILES string of the molecule is CCC.O=C1/C=C/CC/C=C/CCOC(=O)c2c(O)cc(O)c(Cl)c2C1. The molecule has 2 N–H and O–H groups in total. The fraction of sp³-hybridized carbons (Fsp3) is 0.400. The first-order valence-corrected chi connectivity index (χ1v) is 9.04. The second-order valence-electron chi connectivity index (χ2n) is 5.81. The Balaban J connectivity index is 0.00000105. The number of benzene rings is 1. The van der Waals surface area contributed by atoms with Crippen LogP contribution in [0.2, 0.25) is 5.02 Å². The topological polar surface area (TPSA) is 83.8 Å². The van der Waals surface area contributed by atoms with E-state index in [1.54, 1.807) is 6.08 Å². The van der Waals surface area contributed by atoms with Crippen LogP contribution in [0, 0.1) is 0 Å². The van der Waals surface area contributed by atoms with Crippen molar-refractivity contribution in [2.75, 3.05) is 6.61 Å². The summed E-state index contributed by atoms with van der Waals surface area (Å²) in [5.74, 6) is -1.92. The monoisotopic (exact) mass is 380 g/mol. The number of phenols is 2. The van der Waals surface area contributed by atoms with E-state index in [0.717, 1.165) is 12.5 Å². The third kappa shape index (κ3) is 6.56. The van der Waals surface area contributed by atoms with Gasteiger partial charge >= 0.3 is 5.97 Å². The number of phenolic OH excluding ortho intramolecular Hbond substituents is 2. The smallest absolute Gasteiger partial charge is 0.342 e. The van der Waals surface area contributed by atoms with Crippen LogP contribution < -0.4 is 0 Å². The van der Waals surface area contributed by atoms with E-state index in [-0.39, 0.29) is 35.0 Å². The van der Waals surface area contributed by atoms with Crippen molar-refractivity contribution < 1.29 is 24.5 Å². The van der Waals surface area contributed by atoms with Gasteiger partial charge in [0.1, 0.15) is 17.1 Å². The number of ether oxygens (including phenoxy) is 1. The molecule has 142 valence electrons. The molecule has 0 spiro atoms. The zero-order valence-corrected chi connectivity index (χ0v) is 15.9. The van der Waals surface area contributed by atoms with Gasteiger partial charge in [0.25, 0.3) is 0 Å². The highest BCUT2D eigenvalue weighted by Gasteiger charge is 2.24. The van der Waals surface area contributed by atoms with E-state index in [1.807, 2.05) is 12.2 Å². The molecule has 1 aliphatic rings. The predicted octanol–water partition coefficient (Wildman–Crippen LogP) is 4.73. The van der Waals surface area contributed by atoms with Gasteiger partial charge in [-0.3, -0.25) is 4.79 Å². The van der Waals surface area contributed by atoms with Crippen LogP contribution in [0.4, 0.5) is 0 Å². The largest absolute Gasteiger partial charge is 0.507 e. The Labute approximate surface area is 158 Å². The molecule has 0 bridgehead atoms. The molecule has 5 nitrogen and oxygen atoms in total. The fourth-order valence-corrected chi connectivity index (χ4v) is 2.46. The molecule has 0 atom stereocenters. The lowest BCUT2D eigenvalue weighted by molar-refractivity contribution is -0.114. The summed E-state index contributed by atoms with van der Waals surface area (Å²) < 4.78 is 5.10. The average molecular weight is 381 g/mol. The molecule has 2 rings (SSSR count). The molecule has 0 saturated heterocycles. The predicted molar refractivity (Wildman–Crippen MR) is 102 cm³/mol. The number of hydrogen-bond donors (Lipinski definition) is 2. The van der Waals surface area contributed by atoms with E-state index in [9.17, 15) is 19.8 Å². The number of esters is 1. The van der Waals surface area contributed by atoms with Crippen molar-refractivity contribution in [3.8, 4) is 11.5 Å². The first-order valence-electron chi connectivity index (χ1n) is 8.67. The molecule has 0 aliphatic carbocycles. The van der Waals surface area contributed by atoms with Gasteiger partial charge < -0.3 is 14.9 Å². The molecule has 1 aliphatic heterocycles. The Morgan fingerprint density at radius 3 is 2.35 bits per heavy atom. The third-order valence-corrected chi connectivity index (χ3v) is 3.79. The summed E-state index contributed by atoms with van der Waals surface area (Å²) in [5.41, 5.74) is -0.119. The quantitative estimate of drug-likeness (QED) is 0.502. The van der Waals surface area contributed by atoms with Crippen LogP contribution in [0.3, 0.4) is 0 Å². The van der Waals surface area contributed by atoms with Crippen LogP contribution in [0.25, 0.3) is 0 Å². The van der Waals surface area contributed by atoms with Gasteiger partial charge in [-0.2, -0.15) is 0 Å². The average Bonchev–Trinajstić information content (AvgIpc) is 2.58.